The second kappa shape index (κ2) is 8.47. The van der Waals surface area contributed by atoms with E-state index < -0.39 is 6.10 Å². The molecule has 1 aliphatic heterocycles. The Bertz CT molecular complexity index is 546. The molecule has 6 nitrogen and oxygen atoms in total. The van der Waals surface area contributed by atoms with Gasteiger partial charge in [0.05, 0.1) is 19.3 Å². The van der Waals surface area contributed by atoms with Gasteiger partial charge in [-0.3, -0.25) is 9.69 Å². The van der Waals surface area contributed by atoms with Crippen molar-refractivity contribution in [2.45, 2.75) is 26.0 Å². The number of amides is 1. The zero-order valence-electron chi connectivity index (χ0n) is 13.9. The van der Waals surface area contributed by atoms with Crippen LogP contribution in [0, 0.1) is 0 Å². The Morgan fingerprint density at radius 1 is 1.48 bits per heavy atom. The summed E-state index contributed by atoms with van der Waals surface area (Å²) in [5.41, 5.74) is 0. The predicted octanol–water partition coefficient (Wildman–Crippen LogP) is 1.70. The van der Waals surface area contributed by atoms with Crippen LogP contribution < -0.4 is 0 Å². The van der Waals surface area contributed by atoms with Crippen molar-refractivity contribution >= 4 is 17.5 Å². The Morgan fingerprint density at radius 2 is 2.26 bits per heavy atom. The highest BCUT2D eigenvalue weighted by Crippen LogP contribution is 2.13. The van der Waals surface area contributed by atoms with Gasteiger partial charge in [0.1, 0.15) is 17.1 Å². The minimum absolute atomic E-state index is 0.0498. The van der Waals surface area contributed by atoms with Gasteiger partial charge < -0.3 is 14.2 Å². The Labute approximate surface area is 142 Å². The van der Waals surface area contributed by atoms with Gasteiger partial charge in [0.2, 0.25) is 0 Å². The summed E-state index contributed by atoms with van der Waals surface area (Å²) in [5.74, 6) is 0.992. The fourth-order valence-electron chi connectivity index (χ4n) is 2.66. The standard InChI is InChI=1S/C16H25ClN4O2/c1-4-10-23-13(2)16(22)21-7-5-6-20(8-9-21)12-15-18-11-14(17)19(15)3/h4,11,13H,1,5-10,12H2,2-3H3/t13-/m0/s1. The number of hydrogen-bond donors (Lipinski definition) is 0. The van der Waals surface area contributed by atoms with Gasteiger partial charge in [-0.05, 0) is 13.3 Å². The van der Waals surface area contributed by atoms with Crippen LogP contribution in [0.1, 0.15) is 19.2 Å². The molecule has 0 N–H and O–H groups in total. The number of halogens is 1. The molecule has 1 amide bonds. The van der Waals surface area contributed by atoms with Crippen molar-refractivity contribution < 1.29 is 9.53 Å². The molecule has 0 aliphatic carbocycles. The monoisotopic (exact) mass is 340 g/mol. The number of carbonyl (C=O) groups is 1. The van der Waals surface area contributed by atoms with E-state index in [1.807, 2.05) is 16.5 Å². The van der Waals surface area contributed by atoms with Gasteiger partial charge in [-0.15, -0.1) is 6.58 Å². The van der Waals surface area contributed by atoms with Crippen LogP contribution in [-0.4, -0.2) is 64.1 Å². The van der Waals surface area contributed by atoms with Crippen molar-refractivity contribution in [2.24, 2.45) is 7.05 Å². The minimum atomic E-state index is -0.423. The van der Waals surface area contributed by atoms with Gasteiger partial charge in [0, 0.05) is 33.2 Å². The normalized spacial score (nSPS) is 17.8. The Hall–Kier alpha value is -1.37. The van der Waals surface area contributed by atoms with E-state index in [1.54, 1.807) is 19.2 Å². The Balaban J connectivity index is 1.88. The molecular weight excluding hydrogens is 316 g/mol. The Kier molecular flexibility index (Phi) is 6.62. The lowest BCUT2D eigenvalue weighted by Crippen LogP contribution is -2.41. The summed E-state index contributed by atoms with van der Waals surface area (Å²) in [6, 6.07) is 0. The SMILES string of the molecule is C=CCO[C@@H](C)C(=O)N1CCCN(Cc2ncc(Cl)n2C)CC1. The van der Waals surface area contributed by atoms with Crippen LogP contribution in [0.25, 0.3) is 0 Å². The molecule has 2 heterocycles. The van der Waals surface area contributed by atoms with E-state index in [0.29, 0.717) is 18.3 Å². The largest absolute Gasteiger partial charge is 0.365 e. The molecule has 0 spiro atoms. The van der Waals surface area contributed by atoms with Crippen molar-refractivity contribution in [2.75, 3.05) is 32.8 Å². The van der Waals surface area contributed by atoms with Crippen LogP contribution >= 0.6 is 11.6 Å². The molecule has 0 unspecified atom stereocenters. The molecule has 1 aromatic heterocycles. The molecule has 1 saturated heterocycles. The first-order valence-corrected chi connectivity index (χ1v) is 8.30. The third-order valence-corrected chi connectivity index (χ3v) is 4.46. The highest BCUT2D eigenvalue weighted by atomic mass is 35.5. The van der Waals surface area contributed by atoms with Crippen molar-refractivity contribution in [3.63, 3.8) is 0 Å². The molecule has 0 bridgehead atoms. The first kappa shape index (κ1) is 18.0. The smallest absolute Gasteiger partial charge is 0.251 e. The van der Waals surface area contributed by atoms with Crippen LogP contribution in [0.5, 0.6) is 0 Å². The molecule has 2 rings (SSSR count). The third-order valence-electron chi connectivity index (χ3n) is 4.10. The first-order chi connectivity index (χ1) is 11.0. The van der Waals surface area contributed by atoms with E-state index in [-0.39, 0.29) is 5.91 Å². The fourth-order valence-corrected chi connectivity index (χ4v) is 2.81. The molecule has 1 fully saturated rings. The van der Waals surface area contributed by atoms with Crippen LogP contribution in [0.3, 0.4) is 0 Å². The number of ether oxygens (including phenoxy) is 1. The quantitative estimate of drug-likeness (QED) is 0.740. The first-order valence-electron chi connectivity index (χ1n) is 7.92. The summed E-state index contributed by atoms with van der Waals surface area (Å²) in [4.78, 5) is 20.9. The average molecular weight is 341 g/mol. The summed E-state index contributed by atoms with van der Waals surface area (Å²) in [5, 5.41) is 0.639. The van der Waals surface area contributed by atoms with E-state index in [1.165, 1.54) is 0 Å². The molecule has 1 aliphatic rings. The maximum atomic E-state index is 12.4. The van der Waals surface area contributed by atoms with E-state index >= 15 is 0 Å². The molecule has 128 valence electrons. The summed E-state index contributed by atoms with van der Waals surface area (Å²) in [6.07, 6.45) is 3.85. The maximum absolute atomic E-state index is 12.4. The third kappa shape index (κ3) is 4.80. The molecule has 0 aromatic carbocycles. The molecule has 0 radical (unpaired) electrons. The number of carbonyl (C=O) groups excluding carboxylic acids is 1. The predicted molar refractivity (Wildman–Crippen MR) is 90.3 cm³/mol. The van der Waals surface area contributed by atoms with Gasteiger partial charge in [0.25, 0.3) is 5.91 Å². The van der Waals surface area contributed by atoms with Gasteiger partial charge in [0.15, 0.2) is 0 Å². The van der Waals surface area contributed by atoms with E-state index in [2.05, 4.69) is 16.5 Å². The maximum Gasteiger partial charge on any atom is 0.251 e. The second-order valence-corrected chi connectivity index (χ2v) is 6.16. The van der Waals surface area contributed by atoms with Gasteiger partial charge in [-0.25, -0.2) is 4.98 Å². The van der Waals surface area contributed by atoms with E-state index in [9.17, 15) is 4.79 Å². The zero-order chi connectivity index (χ0) is 16.8. The van der Waals surface area contributed by atoms with Gasteiger partial charge >= 0.3 is 0 Å². The lowest BCUT2D eigenvalue weighted by atomic mass is 10.3. The zero-order valence-corrected chi connectivity index (χ0v) is 14.6. The van der Waals surface area contributed by atoms with Crippen molar-refractivity contribution in [1.29, 1.82) is 0 Å². The lowest BCUT2D eigenvalue weighted by Gasteiger charge is -2.24. The lowest BCUT2D eigenvalue weighted by molar-refractivity contribution is -0.141. The summed E-state index contributed by atoms with van der Waals surface area (Å²) >= 11 is 6.03. The molecule has 23 heavy (non-hydrogen) atoms. The molecule has 1 atom stereocenters. The highest BCUT2D eigenvalue weighted by molar-refractivity contribution is 6.29. The molecule has 7 heteroatoms. The minimum Gasteiger partial charge on any atom is -0.365 e. The van der Waals surface area contributed by atoms with Gasteiger partial charge in [-0.1, -0.05) is 17.7 Å². The number of aromatic nitrogens is 2. The van der Waals surface area contributed by atoms with Crippen molar-refractivity contribution in [1.82, 2.24) is 19.4 Å². The molecular formula is C16H25ClN4O2. The van der Waals surface area contributed by atoms with Gasteiger partial charge in [-0.2, -0.15) is 0 Å². The molecule has 1 aromatic rings. The summed E-state index contributed by atoms with van der Waals surface area (Å²) < 4.78 is 7.33. The number of nitrogens with zero attached hydrogens (tertiary/aromatic N) is 4. The van der Waals surface area contributed by atoms with Crippen LogP contribution in [0.4, 0.5) is 0 Å². The van der Waals surface area contributed by atoms with E-state index in [4.69, 9.17) is 16.3 Å². The Morgan fingerprint density at radius 3 is 2.91 bits per heavy atom. The van der Waals surface area contributed by atoms with Crippen LogP contribution in [0.15, 0.2) is 18.9 Å². The van der Waals surface area contributed by atoms with Crippen molar-refractivity contribution in [3.8, 4) is 0 Å². The van der Waals surface area contributed by atoms with Crippen LogP contribution in [0.2, 0.25) is 5.15 Å². The number of imidazole rings is 1. The van der Waals surface area contributed by atoms with E-state index in [0.717, 1.165) is 38.4 Å². The second-order valence-electron chi connectivity index (χ2n) is 5.78. The summed E-state index contributed by atoms with van der Waals surface area (Å²) in [7, 11) is 1.91. The number of rotatable bonds is 6. The van der Waals surface area contributed by atoms with Crippen LogP contribution in [-0.2, 0) is 23.1 Å². The fraction of sp³-hybridized carbons (Fsp3) is 0.625. The number of hydrogen-bond acceptors (Lipinski definition) is 4. The van der Waals surface area contributed by atoms with Crippen molar-refractivity contribution in [3.05, 3.63) is 29.8 Å². The average Bonchev–Trinajstić information content (AvgIpc) is 2.76. The molecule has 0 saturated carbocycles. The highest BCUT2D eigenvalue weighted by Gasteiger charge is 2.24. The summed E-state index contributed by atoms with van der Waals surface area (Å²) in [6.45, 7) is 9.77. The topological polar surface area (TPSA) is 50.6 Å².